The maximum atomic E-state index is 6.22. The Hall–Kier alpha value is -1.13. The Morgan fingerprint density at radius 2 is 2.05 bits per heavy atom. The first-order chi connectivity index (χ1) is 9.23. The van der Waals surface area contributed by atoms with Crippen molar-refractivity contribution in [3.8, 4) is 5.75 Å². The second-order valence-corrected chi connectivity index (χ2v) is 6.71. The Balaban J connectivity index is 2.22. The minimum Gasteiger partial charge on any atom is -0.485 e. The first-order valence-corrected chi connectivity index (χ1v) is 7.27. The highest BCUT2D eigenvalue weighted by Crippen LogP contribution is 2.39. The summed E-state index contributed by atoms with van der Waals surface area (Å²) in [4.78, 5) is 4.54. The molecule has 1 aliphatic heterocycles. The van der Waals surface area contributed by atoms with Crippen LogP contribution in [0, 0.1) is 6.92 Å². The van der Waals surface area contributed by atoms with E-state index in [0.29, 0.717) is 6.54 Å². The van der Waals surface area contributed by atoms with Gasteiger partial charge in [0.25, 0.3) is 0 Å². The van der Waals surface area contributed by atoms with Gasteiger partial charge in [-0.25, -0.2) is 0 Å². The lowest BCUT2D eigenvalue weighted by Crippen LogP contribution is -2.37. The van der Waals surface area contributed by atoms with Crippen LogP contribution < -0.4 is 10.5 Å². The number of pyridine rings is 1. The van der Waals surface area contributed by atoms with Gasteiger partial charge in [-0.3, -0.25) is 4.98 Å². The molecule has 0 spiro atoms. The van der Waals surface area contributed by atoms with E-state index in [9.17, 15) is 0 Å². The fraction of sp³-hybridized carbons (Fsp3) is 0.688. The second kappa shape index (κ2) is 5.34. The van der Waals surface area contributed by atoms with Gasteiger partial charge in [-0.05, 0) is 53.3 Å². The summed E-state index contributed by atoms with van der Waals surface area (Å²) < 4.78 is 12.3. The smallest absolute Gasteiger partial charge is 0.141 e. The van der Waals surface area contributed by atoms with Crippen LogP contribution in [0.5, 0.6) is 5.75 Å². The number of nitrogens with zero attached hydrogens (tertiary/aromatic N) is 1. The quantitative estimate of drug-likeness (QED) is 0.920. The molecule has 0 saturated carbocycles. The molecule has 0 amide bonds. The highest BCUT2D eigenvalue weighted by molar-refractivity contribution is 5.30. The molecule has 1 unspecified atom stereocenters. The van der Waals surface area contributed by atoms with Crippen LogP contribution in [0.4, 0.5) is 0 Å². The molecule has 1 saturated heterocycles. The van der Waals surface area contributed by atoms with E-state index in [0.717, 1.165) is 30.0 Å². The molecule has 2 rings (SSSR count). The average Bonchev–Trinajstić information content (AvgIpc) is 2.50. The number of hydrogen-bond acceptors (Lipinski definition) is 4. The molecule has 0 aliphatic carbocycles. The lowest BCUT2D eigenvalue weighted by molar-refractivity contribution is -0.0847. The fourth-order valence-electron chi connectivity index (χ4n) is 2.87. The molecule has 1 aromatic rings. The van der Waals surface area contributed by atoms with Crippen molar-refractivity contribution >= 4 is 0 Å². The molecule has 4 heteroatoms. The Morgan fingerprint density at radius 1 is 1.35 bits per heavy atom. The van der Waals surface area contributed by atoms with Crippen LogP contribution in [0.3, 0.4) is 0 Å². The third-order valence-corrected chi connectivity index (χ3v) is 3.71. The van der Waals surface area contributed by atoms with Crippen molar-refractivity contribution in [3.63, 3.8) is 0 Å². The van der Waals surface area contributed by atoms with Gasteiger partial charge in [-0.1, -0.05) is 0 Å². The summed E-state index contributed by atoms with van der Waals surface area (Å²) in [6, 6.07) is 3.97. The summed E-state index contributed by atoms with van der Waals surface area (Å²) in [7, 11) is 0. The lowest BCUT2D eigenvalue weighted by atomic mass is 9.97. The van der Waals surface area contributed by atoms with Gasteiger partial charge in [0.05, 0.1) is 11.3 Å². The molecule has 0 bridgehead atoms. The monoisotopic (exact) mass is 278 g/mol. The van der Waals surface area contributed by atoms with Crippen molar-refractivity contribution in [3.05, 3.63) is 23.5 Å². The Kier molecular flexibility index (Phi) is 4.07. The van der Waals surface area contributed by atoms with Gasteiger partial charge in [-0.15, -0.1) is 0 Å². The first kappa shape index (κ1) is 15.3. The van der Waals surface area contributed by atoms with E-state index in [4.69, 9.17) is 15.2 Å². The van der Waals surface area contributed by atoms with Crippen molar-refractivity contribution in [2.75, 3.05) is 6.54 Å². The van der Waals surface area contributed by atoms with Crippen molar-refractivity contribution in [2.45, 2.75) is 64.8 Å². The van der Waals surface area contributed by atoms with Crippen LogP contribution in [-0.4, -0.2) is 28.8 Å². The van der Waals surface area contributed by atoms with E-state index in [-0.39, 0.29) is 17.3 Å². The van der Waals surface area contributed by atoms with E-state index in [2.05, 4.69) is 32.7 Å². The predicted molar refractivity (Wildman–Crippen MR) is 80.0 cm³/mol. The largest absolute Gasteiger partial charge is 0.485 e. The number of hydrogen-bond donors (Lipinski definition) is 1. The highest BCUT2D eigenvalue weighted by atomic mass is 16.6. The van der Waals surface area contributed by atoms with Crippen molar-refractivity contribution in [1.29, 1.82) is 0 Å². The maximum absolute atomic E-state index is 6.22. The van der Waals surface area contributed by atoms with E-state index < -0.39 is 0 Å². The Labute approximate surface area is 121 Å². The van der Waals surface area contributed by atoms with Crippen LogP contribution >= 0.6 is 0 Å². The highest BCUT2D eigenvalue weighted by Gasteiger charge is 2.47. The number of ether oxygens (including phenoxy) is 2. The van der Waals surface area contributed by atoms with E-state index in [1.54, 1.807) is 0 Å². The molecule has 2 heterocycles. The van der Waals surface area contributed by atoms with Gasteiger partial charge in [0.1, 0.15) is 17.5 Å². The minimum atomic E-state index is -0.297. The zero-order valence-electron chi connectivity index (χ0n) is 13.2. The van der Waals surface area contributed by atoms with Crippen LogP contribution in [0.15, 0.2) is 12.1 Å². The summed E-state index contributed by atoms with van der Waals surface area (Å²) in [6.07, 6.45) is 1.63. The zero-order valence-corrected chi connectivity index (χ0v) is 13.2. The second-order valence-electron chi connectivity index (χ2n) is 6.71. The van der Waals surface area contributed by atoms with Crippen molar-refractivity contribution in [2.24, 2.45) is 5.73 Å². The minimum absolute atomic E-state index is 0.0264. The third kappa shape index (κ3) is 3.30. The summed E-state index contributed by atoms with van der Waals surface area (Å²) in [5.74, 6) is 0.834. The molecule has 20 heavy (non-hydrogen) atoms. The van der Waals surface area contributed by atoms with Crippen LogP contribution in [0.25, 0.3) is 0 Å². The molecule has 2 N–H and O–H groups in total. The number of aromatic nitrogens is 1. The number of rotatable bonds is 4. The summed E-state index contributed by atoms with van der Waals surface area (Å²) >= 11 is 0. The Bertz CT molecular complexity index is 483. The van der Waals surface area contributed by atoms with Gasteiger partial charge in [-0.2, -0.15) is 0 Å². The average molecular weight is 278 g/mol. The topological polar surface area (TPSA) is 57.4 Å². The van der Waals surface area contributed by atoms with Crippen molar-refractivity contribution in [1.82, 2.24) is 4.98 Å². The predicted octanol–water partition coefficient (Wildman–Crippen LogP) is 2.62. The molecular weight excluding hydrogens is 252 g/mol. The molecule has 112 valence electrons. The first-order valence-electron chi connectivity index (χ1n) is 7.27. The molecule has 1 atom stereocenters. The molecule has 1 aliphatic rings. The summed E-state index contributed by atoms with van der Waals surface area (Å²) in [6.45, 7) is 10.9. The van der Waals surface area contributed by atoms with Gasteiger partial charge in [0, 0.05) is 18.5 Å². The zero-order chi connectivity index (χ0) is 15.0. The van der Waals surface area contributed by atoms with Crippen molar-refractivity contribution < 1.29 is 9.47 Å². The molecular formula is C16H26N2O2. The third-order valence-electron chi connectivity index (χ3n) is 3.71. The summed E-state index contributed by atoms with van der Waals surface area (Å²) in [5, 5.41) is 0. The van der Waals surface area contributed by atoms with Crippen LogP contribution in [-0.2, 0) is 11.2 Å². The SMILES string of the molecule is Cc1ccc(OC2CC(C)(C)OC2(C)C)c(CCN)n1. The molecule has 0 aromatic carbocycles. The van der Waals surface area contributed by atoms with E-state index >= 15 is 0 Å². The molecule has 1 aromatic heterocycles. The van der Waals surface area contributed by atoms with Gasteiger partial charge < -0.3 is 15.2 Å². The molecule has 4 nitrogen and oxygen atoms in total. The Morgan fingerprint density at radius 3 is 2.60 bits per heavy atom. The fourth-order valence-corrected chi connectivity index (χ4v) is 2.87. The van der Waals surface area contributed by atoms with Gasteiger partial charge in [0.2, 0.25) is 0 Å². The normalized spacial score (nSPS) is 23.8. The lowest BCUT2D eigenvalue weighted by Gasteiger charge is -2.28. The van der Waals surface area contributed by atoms with E-state index in [1.165, 1.54) is 0 Å². The molecule has 0 radical (unpaired) electrons. The van der Waals surface area contributed by atoms with Gasteiger partial charge >= 0.3 is 0 Å². The van der Waals surface area contributed by atoms with Crippen LogP contribution in [0.2, 0.25) is 0 Å². The standard InChI is InChI=1S/C16H26N2O2/c1-11-6-7-13(12(18-11)8-9-17)19-14-10-15(2,3)20-16(14,4)5/h6-7,14H,8-10,17H2,1-5H3. The van der Waals surface area contributed by atoms with Gasteiger partial charge in [0.15, 0.2) is 0 Å². The number of nitrogens with two attached hydrogens (primary N) is 1. The number of aryl methyl sites for hydroxylation is 1. The molecule has 1 fully saturated rings. The summed E-state index contributed by atoms with van der Waals surface area (Å²) in [5.41, 5.74) is 7.14. The van der Waals surface area contributed by atoms with E-state index in [1.807, 2.05) is 19.1 Å². The van der Waals surface area contributed by atoms with Crippen LogP contribution in [0.1, 0.15) is 45.5 Å². The maximum Gasteiger partial charge on any atom is 0.141 e.